The predicted molar refractivity (Wildman–Crippen MR) is 135 cm³/mol. The first-order valence-corrected chi connectivity index (χ1v) is 11.9. The van der Waals surface area contributed by atoms with Gasteiger partial charge in [0.1, 0.15) is 5.82 Å². The van der Waals surface area contributed by atoms with Gasteiger partial charge in [0.25, 0.3) is 0 Å². The number of hydrogen-bond acceptors (Lipinski definition) is 4. The van der Waals surface area contributed by atoms with Crippen LogP contribution in [-0.2, 0) is 0 Å². The molecular formula is C26H40N6. The molecule has 6 nitrogen and oxygen atoms in total. The molecule has 0 spiro atoms. The lowest BCUT2D eigenvalue weighted by atomic mass is 10.0. The SMILES string of the molecule is CCNC(=NCC(C)(C)NC(C)c1ccccc1)NC1CCN(c2cccc(C)n2)CC1. The van der Waals surface area contributed by atoms with E-state index >= 15 is 0 Å². The molecule has 1 aromatic heterocycles. The third kappa shape index (κ3) is 7.23. The molecule has 0 saturated carbocycles. The van der Waals surface area contributed by atoms with Crippen molar-refractivity contribution in [2.75, 3.05) is 31.1 Å². The molecule has 2 heterocycles. The summed E-state index contributed by atoms with van der Waals surface area (Å²) in [6.45, 7) is 14.4. The molecule has 1 aromatic carbocycles. The third-order valence-electron chi connectivity index (χ3n) is 5.92. The summed E-state index contributed by atoms with van der Waals surface area (Å²) in [6.07, 6.45) is 2.15. The number of hydrogen-bond donors (Lipinski definition) is 3. The smallest absolute Gasteiger partial charge is 0.191 e. The Hall–Kier alpha value is -2.60. The molecule has 3 rings (SSSR count). The van der Waals surface area contributed by atoms with Crippen LogP contribution in [0.3, 0.4) is 0 Å². The standard InChI is InChI=1S/C26H40N6/c1-6-27-25(28-19-26(4,5)31-21(3)22-12-8-7-9-13-22)30-23-15-17-32(18-16-23)24-14-10-11-20(2)29-24/h7-14,21,23,31H,6,15-19H2,1-5H3,(H2,27,28,30). The fraction of sp³-hybridized carbons (Fsp3) is 0.538. The van der Waals surface area contributed by atoms with Crippen LogP contribution in [0.2, 0.25) is 0 Å². The molecule has 1 fully saturated rings. The zero-order valence-corrected chi connectivity index (χ0v) is 20.4. The lowest BCUT2D eigenvalue weighted by Crippen LogP contribution is -2.50. The fourth-order valence-electron chi connectivity index (χ4n) is 4.20. The summed E-state index contributed by atoms with van der Waals surface area (Å²) in [6, 6.07) is 17.5. The Morgan fingerprint density at radius 3 is 2.50 bits per heavy atom. The van der Waals surface area contributed by atoms with E-state index < -0.39 is 0 Å². The normalized spacial score (nSPS) is 16.7. The van der Waals surface area contributed by atoms with Gasteiger partial charge in [-0.05, 0) is 65.2 Å². The van der Waals surface area contributed by atoms with Crippen LogP contribution in [0.25, 0.3) is 0 Å². The number of nitrogens with zero attached hydrogens (tertiary/aromatic N) is 3. The Morgan fingerprint density at radius 2 is 1.84 bits per heavy atom. The van der Waals surface area contributed by atoms with Crippen LogP contribution in [0.1, 0.15) is 57.8 Å². The fourth-order valence-corrected chi connectivity index (χ4v) is 4.20. The van der Waals surface area contributed by atoms with Crippen molar-refractivity contribution in [3.8, 4) is 0 Å². The van der Waals surface area contributed by atoms with Gasteiger partial charge in [-0.1, -0.05) is 36.4 Å². The van der Waals surface area contributed by atoms with Crippen molar-refractivity contribution in [2.45, 2.75) is 65.1 Å². The van der Waals surface area contributed by atoms with E-state index in [0.29, 0.717) is 12.6 Å². The molecule has 0 aliphatic carbocycles. The summed E-state index contributed by atoms with van der Waals surface area (Å²) in [5, 5.41) is 10.8. The zero-order valence-electron chi connectivity index (χ0n) is 20.4. The van der Waals surface area contributed by atoms with Crippen molar-refractivity contribution < 1.29 is 0 Å². The highest BCUT2D eigenvalue weighted by Gasteiger charge is 2.23. The zero-order chi connectivity index (χ0) is 23.0. The van der Waals surface area contributed by atoms with Gasteiger partial charge in [0.05, 0.1) is 6.54 Å². The minimum atomic E-state index is -0.113. The maximum absolute atomic E-state index is 4.92. The van der Waals surface area contributed by atoms with Crippen LogP contribution in [0.15, 0.2) is 53.5 Å². The van der Waals surface area contributed by atoms with Gasteiger partial charge in [0.15, 0.2) is 5.96 Å². The van der Waals surface area contributed by atoms with E-state index in [1.54, 1.807) is 0 Å². The van der Waals surface area contributed by atoms with E-state index in [1.165, 1.54) is 5.56 Å². The summed E-state index contributed by atoms with van der Waals surface area (Å²) in [5.41, 5.74) is 2.25. The van der Waals surface area contributed by atoms with Gasteiger partial charge in [-0.2, -0.15) is 0 Å². The molecule has 1 saturated heterocycles. The van der Waals surface area contributed by atoms with Gasteiger partial charge < -0.3 is 20.9 Å². The number of rotatable bonds is 8. The number of aliphatic imine (C=N–C) groups is 1. The van der Waals surface area contributed by atoms with Crippen LogP contribution in [0, 0.1) is 6.92 Å². The second-order valence-corrected chi connectivity index (χ2v) is 9.40. The molecule has 6 heteroatoms. The molecule has 3 N–H and O–H groups in total. The van der Waals surface area contributed by atoms with Crippen molar-refractivity contribution in [2.24, 2.45) is 4.99 Å². The number of anilines is 1. The number of aromatic nitrogens is 1. The van der Waals surface area contributed by atoms with Crippen LogP contribution in [0.5, 0.6) is 0 Å². The third-order valence-corrected chi connectivity index (χ3v) is 5.92. The molecule has 0 radical (unpaired) electrons. The molecule has 1 aliphatic rings. The maximum Gasteiger partial charge on any atom is 0.191 e. The van der Waals surface area contributed by atoms with E-state index in [4.69, 9.17) is 4.99 Å². The molecule has 2 aromatic rings. The summed E-state index contributed by atoms with van der Waals surface area (Å²) < 4.78 is 0. The Labute approximate surface area is 193 Å². The number of pyridine rings is 1. The Kier molecular flexibility index (Phi) is 8.51. The van der Waals surface area contributed by atoms with Gasteiger partial charge >= 0.3 is 0 Å². The number of nitrogens with one attached hydrogen (secondary N) is 3. The van der Waals surface area contributed by atoms with Gasteiger partial charge in [-0.25, -0.2) is 4.98 Å². The first-order chi connectivity index (χ1) is 15.4. The van der Waals surface area contributed by atoms with E-state index in [9.17, 15) is 0 Å². The first kappa shape index (κ1) is 24.1. The van der Waals surface area contributed by atoms with Crippen molar-refractivity contribution in [1.82, 2.24) is 20.9 Å². The molecular weight excluding hydrogens is 396 g/mol. The summed E-state index contributed by atoms with van der Waals surface area (Å²) >= 11 is 0. The molecule has 1 aliphatic heterocycles. The van der Waals surface area contributed by atoms with E-state index in [2.05, 4.69) is 96.0 Å². The quantitative estimate of drug-likeness (QED) is 0.430. The highest BCUT2D eigenvalue weighted by molar-refractivity contribution is 5.80. The lowest BCUT2D eigenvalue weighted by Gasteiger charge is -2.34. The first-order valence-electron chi connectivity index (χ1n) is 11.9. The van der Waals surface area contributed by atoms with Crippen molar-refractivity contribution >= 4 is 11.8 Å². The van der Waals surface area contributed by atoms with E-state index in [-0.39, 0.29) is 11.6 Å². The Morgan fingerprint density at radius 1 is 1.12 bits per heavy atom. The Bertz CT molecular complexity index is 856. The minimum absolute atomic E-state index is 0.113. The molecule has 1 unspecified atom stereocenters. The van der Waals surface area contributed by atoms with Crippen LogP contribution < -0.4 is 20.9 Å². The lowest BCUT2D eigenvalue weighted by molar-refractivity contribution is 0.356. The molecule has 0 bridgehead atoms. The average molecular weight is 437 g/mol. The van der Waals surface area contributed by atoms with Gasteiger partial charge in [-0.15, -0.1) is 0 Å². The van der Waals surface area contributed by atoms with Crippen molar-refractivity contribution in [1.29, 1.82) is 0 Å². The maximum atomic E-state index is 4.92. The molecule has 1 atom stereocenters. The summed E-state index contributed by atoms with van der Waals surface area (Å²) in [5.74, 6) is 1.99. The monoisotopic (exact) mass is 436 g/mol. The second-order valence-electron chi connectivity index (χ2n) is 9.40. The highest BCUT2D eigenvalue weighted by Crippen LogP contribution is 2.19. The van der Waals surface area contributed by atoms with E-state index in [1.807, 2.05) is 13.0 Å². The van der Waals surface area contributed by atoms with Crippen molar-refractivity contribution in [3.63, 3.8) is 0 Å². The van der Waals surface area contributed by atoms with Crippen LogP contribution >= 0.6 is 0 Å². The van der Waals surface area contributed by atoms with E-state index in [0.717, 1.165) is 49.9 Å². The van der Waals surface area contributed by atoms with Crippen LogP contribution in [-0.4, -0.2) is 48.7 Å². The minimum Gasteiger partial charge on any atom is -0.357 e. The number of guanidine groups is 1. The summed E-state index contributed by atoms with van der Waals surface area (Å²) in [4.78, 5) is 12.0. The molecule has 32 heavy (non-hydrogen) atoms. The number of benzene rings is 1. The molecule has 174 valence electrons. The van der Waals surface area contributed by atoms with Crippen LogP contribution in [0.4, 0.5) is 5.82 Å². The predicted octanol–water partition coefficient (Wildman–Crippen LogP) is 4.04. The van der Waals surface area contributed by atoms with Crippen molar-refractivity contribution in [3.05, 3.63) is 59.8 Å². The average Bonchev–Trinajstić information content (AvgIpc) is 2.78. The largest absolute Gasteiger partial charge is 0.357 e. The molecule has 0 amide bonds. The highest BCUT2D eigenvalue weighted by atomic mass is 15.2. The van der Waals surface area contributed by atoms with Gasteiger partial charge in [0, 0.05) is 43.0 Å². The second kappa shape index (κ2) is 11.3. The summed E-state index contributed by atoms with van der Waals surface area (Å²) in [7, 11) is 0. The van der Waals surface area contributed by atoms with Gasteiger partial charge in [0.2, 0.25) is 0 Å². The topological polar surface area (TPSA) is 64.6 Å². The number of piperidine rings is 1. The van der Waals surface area contributed by atoms with Gasteiger partial charge in [-0.3, -0.25) is 4.99 Å². The number of aryl methyl sites for hydroxylation is 1. The Balaban J connectivity index is 1.53.